The lowest BCUT2D eigenvalue weighted by Gasteiger charge is -2.11. The molecular formula is C18H14N2O4. The second-order valence-corrected chi connectivity index (χ2v) is 5.06. The minimum Gasteiger partial charge on any atom is -0.478 e. The third-order valence-corrected chi connectivity index (χ3v) is 3.44. The summed E-state index contributed by atoms with van der Waals surface area (Å²) >= 11 is 0. The van der Waals surface area contributed by atoms with Crippen LogP contribution in [0.1, 0.15) is 15.9 Å². The van der Waals surface area contributed by atoms with Crippen molar-refractivity contribution in [2.45, 2.75) is 6.61 Å². The van der Waals surface area contributed by atoms with E-state index in [9.17, 15) is 14.7 Å². The van der Waals surface area contributed by atoms with Crippen LogP contribution in [0.5, 0.6) is 0 Å². The van der Waals surface area contributed by atoms with Gasteiger partial charge in [0.1, 0.15) is 6.61 Å². The lowest BCUT2D eigenvalue weighted by molar-refractivity contribution is 0.0698. The molecular weight excluding hydrogens is 308 g/mol. The van der Waals surface area contributed by atoms with E-state index in [4.69, 9.17) is 4.74 Å². The van der Waals surface area contributed by atoms with Crippen LogP contribution in [0.15, 0.2) is 60.8 Å². The number of aromatic carboxylic acids is 1. The summed E-state index contributed by atoms with van der Waals surface area (Å²) in [5.41, 5.74) is 1.31. The molecule has 3 rings (SSSR count). The molecule has 0 bridgehead atoms. The number of rotatable bonds is 4. The van der Waals surface area contributed by atoms with Crippen LogP contribution in [0.3, 0.4) is 0 Å². The van der Waals surface area contributed by atoms with E-state index in [1.807, 2.05) is 30.3 Å². The van der Waals surface area contributed by atoms with Crippen LogP contribution >= 0.6 is 0 Å². The predicted octanol–water partition coefficient (Wildman–Crippen LogP) is 3.68. The van der Waals surface area contributed by atoms with Gasteiger partial charge in [-0.15, -0.1) is 0 Å². The normalized spacial score (nSPS) is 10.3. The molecule has 0 aliphatic rings. The molecule has 2 N–H and O–H groups in total. The third-order valence-electron chi connectivity index (χ3n) is 3.44. The molecule has 1 amide bonds. The summed E-state index contributed by atoms with van der Waals surface area (Å²) < 4.78 is 5.14. The van der Waals surface area contributed by atoms with Crippen LogP contribution in [-0.4, -0.2) is 22.2 Å². The molecule has 6 nitrogen and oxygen atoms in total. The zero-order chi connectivity index (χ0) is 16.9. The fourth-order valence-corrected chi connectivity index (χ4v) is 2.31. The number of aromatic nitrogens is 1. The number of benzene rings is 2. The molecule has 3 aromatic rings. The van der Waals surface area contributed by atoms with Crippen molar-refractivity contribution in [3.8, 4) is 0 Å². The van der Waals surface area contributed by atoms with Gasteiger partial charge in [-0.25, -0.2) is 9.59 Å². The molecule has 24 heavy (non-hydrogen) atoms. The van der Waals surface area contributed by atoms with E-state index in [1.165, 1.54) is 12.3 Å². The molecule has 0 radical (unpaired) electrons. The van der Waals surface area contributed by atoms with E-state index in [-0.39, 0.29) is 17.9 Å². The molecule has 0 atom stereocenters. The van der Waals surface area contributed by atoms with Gasteiger partial charge in [-0.1, -0.05) is 42.5 Å². The van der Waals surface area contributed by atoms with Gasteiger partial charge < -0.3 is 9.84 Å². The molecule has 0 spiro atoms. The van der Waals surface area contributed by atoms with Gasteiger partial charge in [0.15, 0.2) is 0 Å². The van der Waals surface area contributed by atoms with Crippen LogP contribution in [0.2, 0.25) is 0 Å². The first-order chi connectivity index (χ1) is 11.6. The number of amides is 1. The Labute approximate surface area is 137 Å². The number of nitrogens with one attached hydrogen (secondary N) is 1. The number of ether oxygens (including phenoxy) is 1. The van der Waals surface area contributed by atoms with Crippen molar-refractivity contribution in [2.24, 2.45) is 0 Å². The monoisotopic (exact) mass is 322 g/mol. The minimum atomic E-state index is -1.15. The molecule has 0 aliphatic heterocycles. The van der Waals surface area contributed by atoms with Gasteiger partial charge in [-0.2, -0.15) is 0 Å². The van der Waals surface area contributed by atoms with Crippen LogP contribution < -0.4 is 5.32 Å². The van der Waals surface area contributed by atoms with Crippen molar-refractivity contribution in [1.29, 1.82) is 0 Å². The fraction of sp³-hybridized carbons (Fsp3) is 0.0556. The largest absolute Gasteiger partial charge is 0.478 e. The van der Waals surface area contributed by atoms with Crippen molar-refractivity contribution in [2.75, 3.05) is 5.32 Å². The summed E-state index contributed by atoms with van der Waals surface area (Å²) in [5, 5.41) is 12.5. The Morgan fingerprint density at radius 2 is 1.83 bits per heavy atom. The highest BCUT2D eigenvalue weighted by atomic mass is 16.5. The Morgan fingerprint density at radius 3 is 2.58 bits per heavy atom. The maximum atomic E-state index is 12.1. The number of pyridine rings is 1. The number of carboxylic acids is 1. The summed E-state index contributed by atoms with van der Waals surface area (Å²) in [5.74, 6) is -1.15. The number of hydrogen-bond acceptors (Lipinski definition) is 4. The van der Waals surface area contributed by atoms with Gasteiger partial charge in [-0.3, -0.25) is 10.3 Å². The molecule has 0 saturated heterocycles. The Balaban J connectivity index is 1.84. The second kappa shape index (κ2) is 6.78. The highest BCUT2D eigenvalue weighted by molar-refractivity contribution is 6.08. The fourth-order valence-electron chi connectivity index (χ4n) is 2.31. The SMILES string of the molecule is O=C(Nc1c(C(=O)O)ccc2cccnc12)OCc1ccccc1. The molecule has 2 aromatic carbocycles. The van der Waals surface area contributed by atoms with Crippen LogP contribution in [-0.2, 0) is 11.3 Å². The summed E-state index contributed by atoms with van der Waals surface area (Å²) in [6.07, 6.45) is 0.800. The van der Waals surface area contributed by atoms with Crippen LogP contribution in [0.4, 0.5) is 10.5 Å². The first kappa shape index (κ1) is 15.5. The molecule has 1 heterocycles. The Hall–Kier alpha value is -3.41. The third kappa shape index (κ3) is 3.33. The number of fused-ring (bicyclic) bond motifs is 1. The maximum absolute atomic E-state index is 12.1. The van der Waals surface area contributed by atoms with Crippen LogP contribution in [0, 0.1) is 0 Å². The zero-order valence-corrected chi connectivity index (χ0v) is 12.6. The molecule has 1 aromatic heterocycles. The van der Waals surface area contributed by atoms with Gasteiger partial charge in [0.2, 0.25) is 0 Å². The van der Waals surface area contributed by atoms with Crippen molar-refractivity contribution < 1.29 is 19.4 Å². The van der Waals surface area contributed by atoms with E-state index < -0.39 is 12.1 Å². The minimum absolute atomic E-state index is 0.0436. The number of carbonyl (C=O) groups is 2. The van der Waals surface area contributed by atoms with Crippen LogP contribution in [0.25, 0.3) is 10.9 Å². The van der Waals surface area contributed by atoms with E-state index in [2.05, 4.69) is 10.3 Å². The van der Waals surface area contributed by atoms with Crippen molar-refractivity contribution in [1.82, 2.24) is 4.98 Å². The average molecular weight is 322 g/mol. The van der Waals surface area contributed by atoms with E-state index in [0.717, 1.165) is 10.9 Å². The lowest BCUT2D eigenvalue weighted by atomic mass is 10.1. The molecule has 0 unspecified atom stereocenters. The van der Waals surface area contributed by atoms with Gasteiger partial charge in [0, 0.05) is 11.6 Å². The lowest BCUT2D eigenvalue weighted by Crippen LogP contribution is -2.16. The van der Waals surface area contributed by atoms with Gasteiger partial charge in [-0.05, 0) is 17.7 Å². The first-order valence-corrected chi connectivity index (χ1v) is 7.24. The van der Waals surface area contributed by atoms with Crippen molar-refractivity contribution >= 4 is 28.7 Å². The first-order valence-electron chi connectivity index (χ1n) is 7.24. The van der Waals surface area contributed by atoms with Crippen molar-refractivity contribution in [3.05, 3.63) is 71.9 Å². The Kier molecular flexibility index (Phi) is 4.38. The van der Waals surface area contributed by atoms with Gasteiger partial charge in [0.25, 0.3) is 0 Å². The van der Waals surface area contributed by atoms with E-state index in [0.29, 0.717) is 5.52 Å². The molecule has 0 fully saturated rings. The van der Waals surface area contributed by atoms with E-state index >= 15 is 0 Å². The second-order valence-electron chi connectivity index (χ2n) is 5.06. The van der Waals surface area contributed by atoms with Gasteiger partial charge >= 0.3 is 12.1 Å². The molecule has 0 aliphatic carbocycles. The molecule has 6 heteroatoms. The maximum Gasteiger partial charge on any atom is 0.412 e. The molecule has 120 valence electrons. The predicted molar refractivity (Wildman–Crippen MR) is 89.0 cm³/mol. The number of anilines is 1. The summed E-state index contributed by atoms with van der Waals surface area (Å²) in [6, 6.07) is 15.8. The zero-order valence-electron chi connectivity index (χ0n) is 12.6. The standard InChI is InChI=1S/C18H14N2O4/c21-17(22)14-9-8-13-7-4-10-19-15(13)16(14)20-18(23)24-11-12-5-2-1-3-6-12/h1-10H,11H2,(H,20,23)(H,21,22). The highest BCUT2D eigenvalue weighted by Crippen LogP contribution is 2.26. The van der Waals surface area contributed by atoms with E-state index in [1.54, 1.807) is 18.2 Å². The summed E-state index contributed by atoms with van der Waals surface area (Å²) in [7, 11) is 0. The van der Waals surface area contributed by atoms with Gasteiger partial charge in [0.05, 0.1) is 16.8 Å². The van der Waals surface area contributed by atoms with Crippen molar-refractivity contribution in [3.63, 3.8) is 0 Å². The Bertz CT molecular complexity index is 894. The number of carboxylic acid groups (broad SMARTS) is 1. The quantitative estimate of drug-likeness (QED) is 0.765. The molecule has 0 saturated carbocycles. The topological polar surface area (TPSA) is 88.5 Å². The number of nitrogens with zero attached hydrogens (tertiary/aromatic N) is 1. The smallest absolute Gasteiger partial charge is 0.412 e. The number of carbonyl (C=O) groups excluding carboxylic acids is 1. The number of hydrogen-bond donors (Lipinski definition) is 2. The summed E-state index contributed by atoms with van der Waals surface area (Å²) in [6.45, 7) is 0.0905. The average Bonchev–Trinajstić information content (AvgIpc) is 2.61. The highest BCUT2D eigenvalue weighted by Gasteiger charge is 2.17. The Morgan fingerprint density at radius 1 is 1.04 bits per heavy atom. The summed E-state index contributed by atoms with van der Waals surface area (Å²) in [4.78, 5) is 27.6.